The number of amides is 1. The molecule has 0 unspecified atom stereocenters. The van der Waals surface area contributed by atoms with Crippen molar-refractivity contribution < 1.29 is 4.79 Å². The van der Waals surface area contributed by atoms with Gasteiger partial charge in [0.15, 0.2) is 0 Å². The van der Waals surface area contributed by atoms with E-state index >= 15 is 0 Å². The molecule has 0 aliphatic heterocycles. The molecular formula is C13H14N4OS. The number of aromatic nitrogens is 2. The highest BCUT2D eigenvalue weighted by Crippen LogP contribution is 2.15. The molecule has 0 atom stereocenters. The van der Waals surface area contributed by atoms with E-state index in [-0.39, 0.29) is 5.91 Å². The number of carbonyl (C=O) groups excluding carboxylic acids is 1. The van der Waals surface area contributed by atoms with Crippen LogP contribution in [0.5, 0.6) is 0 Å². The number of nitrogens with one attached hydrogen (secondary N) is 1. The van der Waals surface area contributed by atoms with Gasteiger partial charge in [0.25, 0.3) is 5.91 Å². The molecule has 0 fully saturated rings. The van der Waals surface area contributed by atoms with Gasteiger partial charge in [-0.25, -0.2) is 4.98 Å². The number of hydrogen-bond acceptors (Lipinski definition) is 4. The van der Waals surface area contributed by atoms with Crippen molar-refractivity contribution >= 4 is 17.2 Å². The topological polar surface area (TPSA) is 75.0 Å². The van der Waals surface area contributed by atoms with E-state index in [1.54, 1.807) is 30.4 Å². The van der Waals surface area contributed by atoms with E-state index in [0.717, 1.165) is 10.7 Å². The number of imidazole rings is 1. The second-order valence-electron chi connectivity index (χ2n) is 3.90. The molecule has 0 radical (unpaired) electrons. The number of thiophene rings is 1. The maximum absolute atomic E-state index is 12.2. The fraction of sp³-hybridized carbons (Fsp3) is 0.231. The molecule has 3 N–H and O–H groups in total. The van der Waals surface area contributed by atoms with Crippen LogP contribution < -0.4 is 5.73 Å². The molecule has 6 heteroatoms. The van der Waals surface area contributed by atoms with Gasteiger partial charge < -0.3 is 15.6 Å². The van der Waals surface area contributed by atoms with Crippen LogP contribution in [0.15, 0.2) is 23.8 Å². The van der Waals surface area contributed by atoms with Crippen molar-refractivity contribution in [2.24, 2.45) is 5.73 Å². The molecule has 2 heterocycles. The van der Waals surface area contributed by atoms with Crippen LogP contribution in [0.2, 0.25) is 0 Å². The zero-order chi connectivity index (χ0) is 13.7. The monoisotopic (exact) mass is 274 g/mol. The molecule has 0 spiro atoms. The number of hydrogen-bond donors (Lipinski definition) is 2. The molecule has 2 rings (SSSR count). The summed E-state index contributed by atoms with van der Waals surface area (Å²) in [5.41, 5.74) is 5.95. The molecule has 2 aromatic rings. The third-order valence-electron chi connectivity index (χ3n) is 2.45. The summed E-state index contributed by atoms with van der Waals surface area (Å²) in [7, 11) is 1.74. The minimum atomic E-state index is -0.0477. The summed E-state index contributed by atoms with van der Waals surface area (Å²) in [5.74, 6) is 6.40. The van der Waals surface area contributed by atoms with Crippen LogP contribution in [0, 0.1) is 11.8 Å². The normalized spacial score (nSPS) is 9.79. The Labute approximate surface area is 115 Å². The lowest BCUT2D eigenvalue weighted by Crippen LogP contribution is -2.26. The van der Waals surface area contributed by atoms with E-state index in [1.807, 2.05) is 5.38 Å². The molecule has 1 amide bonds. The van der Waals surface area contributed by atoms with Gasteiger partial charge in [-0.15, -0.1) is 11.3 Å². The van der Waals surface area contributed by atoms with Crippen molar-refractivity contribution in [1.82, 2.24) is 14.9 Å². The molecule has 0 aliphatic rings. The predicted molar refractivity (Wildman–Crippen MR) is 74.6 cm³/mol. The highest BCUT2D eigenvalue weighted by molar-refractivity contribution is 7.10. The zero-order valence-electron chi connectivity index (χ0n) is 10.5. The van der Waals surface area contributed by atoms with Gasteiger partial charge in [-0.2, -0.15) is 0 Å². The summed E-state index contributed by atoms with van der Waals surface area (Å²) in [6.07, 6.45) is 3.40. The standard InChI is InChI=1S/C13H14N4OS/c1-17(8-12-15-5-6-16-12)13(18)10-7-11(19-9-10)3-2-4-14/h5-7,9H,4,8,14H2,1H3,(H,15,16). The van der Waals surface area contributed by atoms with Gasteiger partial charge >= 0.3 is 0 Å². The Morgan fingerprint density at radius 2 is 2.47 bits per heavy atom. The lowest BCUT2D eigenvalue weighted by atomic mass is 10.2. The van der Waals surface area contributed by atoms with Crippen molar-refractivity contribution in [2.75, 3.05) is 13.6 Å². The molecule has 2 aromatic heterocycles. The molecule has 5 nitrogen and oxygen atoms in total. The summed E-state index contributed by atoms with van der Waals surface area (Å²) in [6, 6.07) is 1.79. The second-order valence-corrected chi connectivity index (χ2v) is 4.81. The molecule has 0 saturated heterocycles. The maximum atomic E-state index is 12.2. The summed E-state index contributed by atoms with van der Waals surface area (Å²) >= 11 is 1.44. The number of nitrogens with zero attached hydrogens (tertiary/aromatic N) is 2. The molecule has 19 heavy (non-hydrogen) atoms. The SMILES string of the molecule is CN(Cc1ncc[nH]1)C(=O)c1csc(C#CCN)c1. The van der Waals surface area contributed by atoms with Crippen LogP contribution >= 0.6 is 11.3 Å². The molecule has 0 bridgehead atoms. The quantitative estimate of drug-likeness (QED) is 0.822. The highest BCUT2D eigenvalue weighted by Gasteiger charge is 2.14. The number of H-pyrrole nitrogens is 1. The first-order valence-electron chi connectivity index (χ1n) is 5.72. The zero-order valence-corrected chi connectivity index (χ0v) is 11.3. The average molecular weight is 274 g/mol. The van der Waals surface area contributed by atoms with Crippen LogP contribution in [-0.2, 0) is 6.54 Å². The summed E-state index contributed by atoms with van der Waals surface area (Å²) in [6.45, 7) is 0.769. The van der Waals surface area contributed by atoms with Crippen LogP contribution in [0.1, 0.15) is 21.1 Å². The van der Waals surface area contributed by atoms with Crippen LogP contribution in [0.25, 0.3) is 0 Å². The first-order chi connectivity index (χ1) is 9.20. The molecule has 98 valence electrons. The Morgan fingerprint density at radius 1 is 1.63 bits per heavy atom. The Balaban J connectivity index is 2.04. The third-order valence-corrected chi connectivity index (χ3v) is 3.29. The fourth-order valence-electron chi connectivity index (χ4n) is 1.55. The largest absolute Gasteiger partial charge is 0.347 e. The number of nitrogens with two attached hydrogens (primary N) is 1. The van der Waals surface area contributed by atoms with Crippen molar-refractivity contribution in [3.8, 4) is 11.8 Å². The van der Waals surface area contributed by atoms with Crippen molar-refractivity contribution in [1.29, 1.82) is 0 Å². The van der Waals surface area contributed by atoms with Crippen molar-refractivity contribution in [3.63, 3.8) is 0 Å². The first kappa shape index (κ1) is 13.3. The van der Waals surface area contributed by atoms with Crippen molar-refractivity contribution in [2.45, 2.75) is 6.54 Å². The molecule has 0 saturated carbocycles. The van der Waals surface area contributed by atoms with E-state index in [2.05, 4.69) is 21.8 Å². The minimum absolute atomic E-state index is 0.0477. The minimum Gasteiger partial charge on any atom is -0.347 e. The maximum Gasteiger partial charge on any atom is 0.254 e. The van der Waals surface area contributed by atoms with E-state index in [0.29, 0.717) is 18.7 Å². The lowest BCUT2D eigenvalue weighted by Gasteiger charge is -2.14. The van der Waals surface area contributed by atoms with Gasteiger partial charge in [0.05, 0.1) is 23.5 Å². The average Bonchev–Trinajstić information content (AvgIpc) is 3.06. The van der Waals surface area contributed by atoms with Gasteiger partial charge in [-0.3, -0.25) is 4.79 Å². The van der Waals surface area contributed by atoms with Gasteiger partial charge in [0.2, 0.25) is 0 Å². The van der Waals surface area contributed by atoms with Gasteiger partial charge in [0.1, 0.15) is 5.82 Å². The first-order valence-corrected chi connectivity index (χ1v) is 6.60. The predicted octanol–water partition coefficient (Wildman–Crippen LogP) is 1.05. The third kappa shape index (κ3) is 3.44. The lowest BCUT2D eigenvalue weighted by molar-refractivity contribution is 0.0782. The van der Waals surface area contributed by atoms with E-state index in [4.69, 9.17) is 5.73 Å². The Bertz CT molecular complexity index is 606. The number of rotatable bonds is 3. The van der Waals surface area contributed by atoms with E-state index in [9.17, 15) is 4.79 Å². The van der Waals surface area contributed by atoms with E-state index in [1.165, 1.54) is 11.3 Å². The number of carbonyl (C=O) groups is 1. The smallest absolute Gasteiger partial charge is 0.254 e. The summed E-state index contributed by atoms with van der Waals surface area (Å²) < 4.78 is 0. The summed E-state index contributed by atoms with van der Waals surface area (Å²) in [4.78, 5) is 21.7. The molecule has 0 aliphatic carbocycles. The highest BCUT2D eigenvalue weighted by atomic mass is 32.1. The van der Waals surface area contributed by atoms with Gasteiger partial charge in [0, 0.05) is 24.8 Å². The Morgan fingerprint density at radius 3 is 3.16 bits per heavy atom. The Kier molecular flexibility index (Phi) is 4.34. The number of aromatic amines is 1. The second kappa shape index (κ2) is 6.18. The van der Waals surface area contributed by atoms with Crippen molar-refractivity contribution in [3.05, 3.63) is 40.1 Å². The Hall–Kier alpha value is -2.10. The molecule has 0 aromatic carbocycles. The van der Waals surface area contributed by atoms with E-state index < -0.39 is 0 Å². The van der Waals surface area contributed by atoms with Crippen LogP contribution in [0.3, 0.4) is 0 Å². The summed E-state index contributed by atoms with van der Waals surface area (Å²) in [5, 5.41) is 1.81. The van der Waals surface area contributed by atoms with Crippen LogP contribution in [-0.4, -0.2) is 34.4 Å². The fourth-order valence-corrected chi connectivity index (χ4v) is 2.30. The van der Waals surface area contributed by atoms with Crippen LogP contribution in [0.4, 0.5) is 0 Å². The van der Waals surface area contributed by atoms with Gasteiger partial charge in [-0.1, -0.05) is 11.8 Å². The molecular weight excluding hydrogens is 260 g/mol. The van der Waals surface area contributed by atoms with Gasteiger partial charge in [-0.05, 0) is 6.07 Å².